The van der Waals surface area contributed by atoms with E-state index in [-0.39, 0.29) is 21.9 Å². The van der Waals surface area contributed by atoms with Crippen LogP contribution in [0, 0.1) is 5.92 Å². The van der Waals surface area contributed by atoms with Crippen LogP contribution >= 0.6 is 23.2 Å². The van der Waals surface area contributed by atoms with Crippen molar-refractivity contribution in [2.24, 2.45) is 5.92 Å². The van der Waals surface area contributed by atoms with Crippen LogP contribution in [0.2, 0.25) is 10.0 Å². The summed E-state index contributed by atoms with van der Waals surface area (Å²) in [5.74, 6) is 0.188. The van der Waals surface area contributed by atoms with Gasteiger partial charge in [-0.3, -0.25) is 0 Å². The fourth-order valence-electron chi connectivity index (χ4n) is 2.19. The second-order valence-corrected chi connectivity index (χ2v) is 7.34. The van der Waals surface area contributed by atoms with E-state index in [0.29, 0.717) is 18.0 Å². The standard InChI is InChI=1S/C12H15Cl2NO3S/c13-11-4-3-10(6-12(11)14)19(17,18)15-7-8-1-2-9(16)5-8/h3-4,6,8-9,15-16H,1-2,5,7H2. The van der Waals surface area contributed by atoms with Crippen LogP contribution in [0.1, 0.15) is 19.3 Å². The molecule has 0 aromatic heterocycles. The summed E-state index contributed by atoms with van der Waals surface area (Å²) in [6.07, 6.45) is 1.91. The topological polar surface area (TPSA) is 66.4 Å². The zero-order valence-electron chi connectivity index (χ0n) is 10.1. The van der Waals surface area contributed by atoms with Crippen LogP contribution in [0.25, 0.3) is 0 Å². The van der Waals surface area contributed by atoms with E-state index >= 15 is 0 Å². The fourth-order valence-corrected chi connectivity index (χ4v) is 3.69. The maximum atomic E-state index is 12.1. The van der Waals surface area contributed by atoms with E-state index in [9.17, 15) is 13.5 Å². The lowest BCUT2D eigenvalue weighted by Crippen LogP contribution is -2.28. The van der Waals surface area contributed by atoms with Crippen molar-refractivity contribution in [2.75, 3.05) is 6.54 Å². The van der Waals surface area contributed by atoms with Gasteiger partial charge in [0.05, 0.1) is 21.0 Å². The van der Waals surface area contributed by atoms with Crippen LogP contribution in [0.4, 0.5) is 0 Å². The van der Waals surface area contributed by atoms with E-state index in [1.165, 1.54) is 18.2 Å². The molecule has 0 saturated heterocycles. The van der Waals surface area contributed by atoms with Crippen LogP contribution < -0.4 is 4.72 Å². The van der Waals surface area contributed by atoms with Gasteiger partial charge in [0.25, 0.3) is 0 Å². The summed E-state index contributed by atoms with van der Waals surface area (Å²) in [5, 5.41) is 9.93. The van der Waals surface area contributed by atoms with Crippen molar-refractivity contribution in [2.45, 2.75) is 30.3 Å². The van der Waals surface area contributed by atoms with E-state index in [2.05, 4.69) is 4.72 Å². The number of nitrogens with one attached hydrogen (secondary N) is 1. The zero-order valence-corrected chi connectivity index (χ0v) is 12.5. The molecule has 2 unspecified atom stereocenters. The van der Waals surface area contributed by atoms with Crippen LogP contribution in [0.15, 0.2) is 23.1 Å². The number of hydrogen-bond acceptors (Lipinski definition) is 3. The first kappa shape index (κ1) is 15.1. The highest BCUT2D eigenvalue weighted by molar-refractivity contribution is 7.89. The Morgan fingerprint density at radius 1 is 1.26 bits per heavy atom. The highest BCUT2D eigenvalue weighted by Gasteiger charge is 2.24. The number of halogens is 2. The smallest absolute Gasteiger partial charge is 0.240 e. The van der Waals surface area contributed by atoms with E-state index in [4.69, 9.17) is 23.2 Å². The predicted octanol–water partition coefficient (Wildman–Crippen LogP) is 2.43. The van der Waals surface area contributed by atoms with Crippen molar-refractivity contribution in [3.8, 4) is 0 Å². The minimum Gasteiger partial charge on any atom is -0.393 e. The number of aliphatic hydroxyl groups excluding tert-OH is 1. The second kappa shape index (κ2) is 5.97. The normalized spacial score (nSPS) is 23.7. The summed E-state index contributed by atoms with van der Waals surface area (Å²) in [7, 11) is -3.58. The molecule has 0 aliphatic heterocycles. The fraction of sp³-hybridized carbons (Fsp3) is 0.500. The highest BCUT2D eigenvalue weighted by atomic mass is 35.5. The number of hydrogen-bond donors (Lipinski definition) is 2. The van der Waals surface area contributed by atoms with Crippen LogP contribution in [-0.2, 0) is 10.0 Å². The maximum Gasteiger partial charge on any atom is 0.240 e. The lowest BCUT2D eigenvalue weighted by molar-refractivity contribution is 0.178. The highest BCUT2D eigenvalue weighted by Crippen LogP contribution is 2.26. The van der Waals surface area contributed by atoms with Crippen molar-refractivity contribution in [3.63, 3.8) is 0 Å². The van der Waals surface area contributed by atoms with Crippen LogP contribution in [-0.4, -0.2) is 26.2 Å². The van der Waals surface area contributed by atoms with Crippen molar-refractivity contribution < 1.29 is 13.5 Å². The number of rotatable bonds is 4. The molecule has 0 spiro atoms. The minimum absolute atomic E-state index is 0.0976. The van der Waals surface area contributed by atoms with Gasteiger partial charge in [0.1, 0.15) is 0 Å². The van der Waals surface area contributed by atoms with Gasteiger partial charge in [0, 0.05) is 6.54 Å². The molecule has 2 rings (SSSR count). The van der Waals surface area contributed by atoms with Crippen molar-refractivity contribution >= 4 is 33.2 Å². The zero-order chi connectivity index (χ0) is 14.0. The largest absolute Gasteiger partial charge is 0.393 e. The van der Waals surface area contributed by atoms with E-state index < -0.39 is 10.0 Å². The van der Waals surface area contributed by atoms with Crippen molar-refractivity contribution in [1.29, 1.82) is 0 Å². The summed E-state index contributed by atoms with van der Waals surface area (Å²) >= 11 is 11.6. The molecule has 1 aliphatic carbocycles. The lowest BCUT2D eigenvalue weighted by Gasteiger charge is -2.12. The molecule has 19 heavy (non-hydrogen) atoms. The summed E-state index contributed by atoms with van der Waals surface area (Å²) in [6.45, 7) is 0.333. The molecular formula is C12H15Cl2NO3S. The molecule has 0 heterocycles. The van der Waals surface area contributed by atoms with Gasteiger partial charge in [-0.1, -0.05) is 23.2 Å². The number of benzene rings is 1. The maximum absolute atomic E-state index is 12.1. The molecule has 0 bridgehead atoms. The first-order chi connectivity index (χ1) is 8.88. The number of sulfonamides is 1. The Bertz CT molecular complexity index is 562. The van der Waals surface area contributed by atoms with Crippen molar-refractivity contribution in [1.82, 2.24) is 4.72 Å². The Hall–Kier alpha value is -0.330. The van der Waals surface area contributed by atoms with Gasteiger partial charge < -0.3 is 5.11 Å². The third-order valence-electron chi connectivity index (χ3n) is 3.28. The molecular weight excluding hydrogens is 309 g/mol. The van der Waals surface area contributed by atoms with Gasteiger partial charge in [-0.15, -0.1) is 0 Å². The Kier molecular flexibility index (Phi) is 4.74. The molecule has 4 nitrogen and oxygen atoms in total. The molecule has 106 valence electrons. The predicted molar refractivity (Wildman–Crippen MR) is 75.0 cm³/mol. The molecule has 0 amide bonds. The third kappa shape index (κ3) is 3.83. The average Bonchev–Trinajstić information content (AvgIpc) is 2.76. The van der Waals surface area contributed by atoms with Gasteiger partial charge in [-0.2, -0.15) is 0 Å². The average molecular weight is 324 g/mol. The van der Waals surface area contributed by atoms with E-state index in [0.717, 1.165) is 12.8 Å². The van der Waals surface area contributed by atoms with Gasteiger partial charge in [0.2, 0.25) is 10.0 Å². The first-order valence-corrected chi connectivity index (χ1v) is 8.25. The molecule has 2 N–H and O–H groups in total. The summed E-state index contributed by atoms with van der Waals surface area (Å²) in [6, 6.07) is 4.20. The van der Waals surface area contributed by atoms with Crippen LogP contribution in [0.3, 0.4) is 0 Å². The van der Waals surface area contributed by atoms with Gasteiger partial charge >= 0.3 is 0 Å². The summed E-state index contributed by atoms with van der Waals surface area (Å²) in [5.41, 5.74) is 0. The third-order valence-corrected chi connectivity index (χ3v) is 5.44. The molecule has 1 aromatic rings. The van der Waals surface area contributed by atoms with E-state index in [1.807, 2.05) is 0 Å². The van der Waals surface area contributed by atoms with Crippen molar-refractivity contribution in [3.05, 3.63) is 28.2 Å². The lowest BCUT2D eigenvalue weighted by atomic mass is 10.1. The van der Waals surface area contributed by atoms with Crippen LogP contribution in [0.5, 0.6) is 0 Å². The minimum atomic E-state index is -3.58. The Morgan fingerprint density at radius 3 is 2.58 bits per heavy atom. The summed E-state index contributed by atoms with van der Waals surface area (Å²) in [4.78, 5) is 0.0976. The van der Waals surface area contributed by atoms with Gasteiger partial charge in [0.15, 0.2) is 0 Å². The molecule has 0 radical (unpaired) electrons. The van der Waals surface area contributed by atoms with E-state index in [1.54, 1.807) is 0 Å². The first-order valence-electron chi connectivity index (χ1n) is 6.01. The molecule has 1 fully saturated rings. The SMILES string of the molecule is O=S(=O)(NCC1CCC(O)C1)c1ccc(Cl)c(Cl)c1. The monoisotopic (exact) mass is 323 g/mol. The van der Waals surface area contributed by atoms with Gasteiger partial charge in [-0.05, 0) is 43.4 Å². The second-order valence-electron chi connectivity index (χ2n) is 4.76. The Labute approximate surface area is 122 Å². The molecule has 7 heteroatoms. The molecule has 1 saturated carbocycles. The number of aliphatic hydroxyl groups is 1. The quantitative estimate of drug-likeness (QED) is 0.894. The summed E-state index contributed by atoms with van der Waals surface area (Å²) < 4.78 is 26.7. The molecule has 2 atom stereocenters. The van der Waals surface area contributed by atoms with Gasteiger partial charge in [-0.25, -0.2) is 13.1 Å². The molecule has 1 aliphatic rings. The Morgan fingerprint density at radius 2 is 2.00 bits per heavy atom. The molecule has 1 aromatic carbocycles. The Balaban J connectivity index is 2.03.